The van der Waals surface area contributed by atoms with E-state index in [4.69, 9.17) is 10.3 Å². The summed E-state index contributed by atoms with van der Waals surface area (Å²) in [6, 6.07) is 0.309. The zero-order valence-electron chi connectivity index (χ0n) is 10.8. The van der Waals surface area contributed by atoms with E-state index in [1.165, 1.54) is 25.7 Å². The molecule has 5 nitrogen and oxygen atoms in total. The minimum absolute atomic E-state index is 0.309. The van der Waals surface area contributed by atoms with E-state index in [0.717, 1.165) is 44.2 Å². The molecule has 5 heteroatoms. The Kier molecular flexibility index (Phi) is 3.50. The van der Waals surface area contributed by atoms with Crippen molar-refractivity contribution in [1.82, 2.24) is 10.1 Å². The fraction of sp³-hybridized carbons (Fsp3) is 0.846. The fourth-order valence-corrected chi connectivity index (χ4v) is 3.03. The Morgan fingerprint density at radius 2 is 1.89 bits per heavy atom. The van der Waals surface area contributed by atoms with Crippen LogP contribution in [-0.4, -0.2) is 29.3 Å². The first-order valence-corrected chi connectivity index (χ1v) is 7.17. The van der Waals surface area contributed by atoms with Gasteiger partial charge in [-0.2, -0.15) is 4.98 Å². The first-order valence-electron chi connectivity index (χ1n) is 7.17. The molecule has 0 aromatic carbocycles. The van der Waals surface area contributed by atoms with Gasteiger partial charge in [-0.25, -0.2) is 0 Å². The van der Waals surface area contributed by atoms with Gasteiger partial charge in [0, 0.05) is 25.0 Å². The highest BCUT2D eigenvalue weighted by atomic mass is 16.5. The molecule has 2 fully saturated rings. The van der Waals surface area contributed by atoms with E-state index in [9.17, 15) is 0 Å². The molecule has 2 N–H and O–H groups in total. The first kappa shape index (κ1) is 12.0. The summed E-state index contributed by atoms with van der Waals surface area (Å²) in [5.74, 6) is 1.96. The van der Waals surface area contributed by atoms with Gasteiger partial charge in [0.1, 0.15) is 0 Å². The van der Waals surface area contributed by atoms with Gasteiger partial charge >= 0.3 is 0 Å². The Morgan fingerprint density at radius 3 is 2.56 bits per heavy atom. The predicted octanol–water partition coefficient (Wildman–Crippen LogP) is 2.04. The topological polar surface area (TPSA) is 68.2 Å². The number of nitrogens with two attached hydrogens (primary N) is 1. The van der Waals surface area contributed by atoms with Crippen molar-refractivity contribution < 1.29 is 4.52 Å². The maximum atomic E-state index is 5.93. The molecule has 0 unspecified atom stereocenters. The van der Waals surface area contributed by atoms with Crippen LogP contribution in [0.2, 0.25) is 0 Å². The number of anilines is 1. The SMILES string of the molecule is N[C@H]1CC[C@@H](c2nc(N3CCCCCC3)no2)C1. The van der Waals surface area contributed by atoms with Gasteiger partial charge < -0.3 is 15.2 Å². The zero-order chi connectivity index (χ0) is 12.4. The maximum absolute atomic E-state index is 5.93. The van der Waals surface area contributed by atoms with Crippen molar-refractivity contribution in [2.24, 2.45) is 5.73 Å². The lowest BCUT2D eigenvalue weighted by molar-refractivity contribution is 0.352. The van der Waals surface area contributed by atoms with Crippen LogP contribution in [0.25, 0.3) is 0 Å². The van der Waals surface area contributed by atoms with Crippen LogP contribution in [0.3, 0.4) is 0 Å². The summed E-state index contributed by atoms with van der Waals surface area (Å²) in [4.78, 5) is 6.84. The fourth-order valence-electron chi connectivity index (χ4n) is 3.03. The quantitative estimate of drug-likeness (QED) is 0.870. The molecule has 1 aromatic rings. The molecule has 18 heavy (non-hydrogen) atoms. The lowest BCUT2D eigenvalue weighted by atomic mass is 10.1. The lowest BCUT2D eigenvalue weighted by Crippen LogP contribution is -2.25. The number of nitrogens with zero attached hydrogens (tertiary/aromatic N) is 3. The van der Waals surface area contributed by atoms with E-state index in [1.807, 2.05) is 0 Å². The third-order valence-electron chi connectivity index (χ3n) is 4.14. The van der Waals surface area contributed by atoms with Crippen LogP contribution in [0.5, 0.6) is 0 Å². The standard InChI is InChI=1S/C13H22N4O/c14-11-6-5-10(9-11)12-15-13(16-18-12)17-7-3-1-2-4-8-17/h10-11H,1-9,14H2/t10-,11+/m1/s1. The molecule has 0 bridgehead atoms. The summed E-state index contributed by atoms with van der Waals surface area (Å²) in [6.45, 7) is 2.12. The van der Waals surface area contributed by atoms with Crippen LogP contribution >= 0.6 is 0 Å². The number of hydrogen-bond acceptors (Lipinski definition) is 5. The Morgan fingerprint density at radius 1 is 1.11 bits per heavy atom. The van der Waals surface area contributed by atoms with E-state index in [1.54, 1.807) is 0 Å². The molecule has 1 saturated carbocycles. The summed E-state index contributed by atoms with van der Waals surface area (Å²) < 4.78 is 5.43. The van der Waals surface area contributed by atoms with Crippen molar-refractivity contribution in [1.29, 1.82) is 0 Å². The summed E-state index contributed by atoms with van der Waals surface area (Å²) in [7, 11) is 0. The van der Waals surface area contributed by atoms with Crippen molar-refractivity contribution in [3.63, 3.8) is 0 Å². The summed E-state index contributed by atoms with van der Waals surface area (Å²) in [6.07, 6.45) is 8.25. The second kappa shape index (κ2) is 5.26. The summed E-state index contributed by atoms with van der Waals surface area (Å²) in [5.41, 5.74) is 5.93. The van der Waals surface area contributed by atoms with Gasteiger partial charge in [0.05, 0.1) is 0 Å². The normalized spacial score (nSPS) is 29.5. The minimum Gasteiger partial charge on any atom is -0.338 e. The number of aromatic nitrogens is 2. The Hall–Kier alpha value is -1.10. The summed E-state index contributed by atoms with van der Waals surface area (Å²) >= 11 is 0. The second-order valence-corrected chi connectivity index (χ2v) is 5.60. The molecule has 1 saturated heterocycles. The molecule has 2 atom stereocenters. The molecule has 100 valence electrons. The van der Waals surface area contributed by atoms with Gasteiger partial charge in [0.25, 0.3) is 5.95 Å². The van der Waals surface area contributed by atoms with Crippen molar-refractivity contribution in [2.45, 2.75) is 56.9 Å². The third-order valence-corrected chi connectivity index (χ3v) is 4.14. The van der Waals surface area contributed by atoms with E-state index in [2.05, 4.69) is 15.0 Å². The second-order valence-electron chi connectivity index (χ2n) is 5.60. The lowest BCUT2D eigenvalue weighted by Gasteiger charge is -2.16. The molecule has 2 aliphatic rings. The minimum atomic E-state index is 0.309. The van der Waals surface area contributed by atoms with E-state index >= 15 is 0 Å². The molecule has 0 amide bonds. The van der Waals surface area contributed by atoms with Crippen LogP contribution in [0.4, 0.5) is 5.95 Å². The molecular formula is C13H22N4O. The maximum Gasteiger partial charge on any atom is 0.266 e. The van der Waals surface area contributed by atoms with Crippen molar-refractivity contribution in [3.05, 3.63) is 5.89 Å². The highest BCUT2D eigenvalue weighted by Gasteiger charge is 2.28. The van der Waals surface area contributed by atoms with E-state index in [-0.39, 0.29) is 0 Å². The van der Waals surface area contributed by atoms with Gasteiger partial charge in [0.2, 0.25) is 5.89 Å². The van der Waals surface area contributed by atoms with Gasteiger partial charge in [-0.1, -0.05) is 12.8 Å². The number of rotatable bonds is 2. The monoisotopic (exact) mass is 250 g/mol. The Bertz CT molecular complexity index is 384. The summed E-state index contributed by atoms with van der Waals surface area (Å²) in [5, 5.41) is 4.15. The Balaban J connectivity index is 1.68. The van der Waals surface area contributed by atoms with Gasteiger partial charge in [-0.15, -0.1) is 0 Å². The smallest absolute Gasteiger partial charge is 0.266 e. The van der Waals surface area contributed by atoms with Crippen LogP contribution in [0.1, 0.15) is 56.8 Å². The van der Waals surface area contributed by atoms with E-state index in [0.29, 0.717) is 12.0 Å². The van der Waals surface area contributed by atoms with Gasteiger partial charge in [-0.05, 0) is 37.3 Å². The highest BCUT2D eigenvalue weighted by molar-refractivity contribution is 5.28. The zero-order valence-corrected chi connectivity index (χ0v) is 10.8. The van der Waals surface area contributed by atoms with Crippen molar-refractivity contribution in [2.75, 3.05) is 18.0 Å². The average Bonchev–Trinajstić information content (AvgIpc) is 2.92. The largest absolute Gasteiger partial charge is 0.338 e. The van der Waals surface area contributed by atoms with E-state index < -0.39 is 0 Å². The highest BCUT2D eigenvalue weighted by Crippen LogP contribution is 2.33. The molecule has 0 spiro atoms. The first-order chi connectivity index (χ1) is 8.83. The molecule has 2 heterocycles. The molecule has 3 rings (SSSR count). The average molecular weight is 250 g/mol. The molecule has 1 aliphatic carbocycles. The van der Waals surface area contributed by atoms with Crippen LogP contribution in [-0.2, 0) is 0 Å². The van der Waals surface area contributed by atoms with Gasteiger partial charge in [-0.3, -0.25) is 0 Å². The predicted molar refractivity (Wildman–Crippen MR) is 69.5 cm³/mol. The third kappa shape index (κ3) is 2.51. The van der Waals surface area contributed by atoms with Crippen molar-refractivity contribution >= 4 is 5.95 Å². The molecule has 1 aliphatic heterocycles. The molecule has 1 aromatic heterocycles. The van der Waals surface area contributed by atoms with Crippen molar-refractivity contribution in [3.8, 4) is 0 Å². The van der Waals surface area contributed by atoms with Crippen LogP contribution in [0.15, 0.2) is 4.52 Å². The Labute approximate surface area is 108 Å². The molecular weight excluding hydrogens is 228 g/mol. The number of hydrogen-bond donors (Lipinski definition) is 1. The molecule has 0 radical (unpaired) electrons. The van der Waals surface area contributed by atoms with Crippen LogP contribution < -0.4 is 10.6 Å². The van der Waals surface area contributed by atoms with Gasteiger partial charge in [0.15, 0.2) is 0 Å². The van der Waals surface area contributed by atoms with Crippen LogP contribution in [0, 0.1) is 0 Å².